The van der Waals surface area contributed by atoms with E-state index in [-0.39, 0.29) is 0 Å². The summed E-state index contributed by atoms with van der Waals surface area (Å²) in [7, 11) is 0. The fourth-order valence-electron chi connectivity index (χ4n) is 1.99. The Morgan fingerprint density at radius 3 is 2.55 bits per heavy atom. The lowest BCUT2D eigenvalue weighted by atomic mass is 10.1. The SMILES string of the molecule is Cc1ccc(CNc2ccc(-c3ccn[nH]3)cc2)cn1. The van der Waals surface area contributed by atoms with Gasteiger partial charge in [0.05, 0.1) is 5.69 Å². The summed E-state index contributed by atoms with van der Waals surface area (Å²) in [5.41, 5.74) is 5.46. The zero-order valence-electron chi connectivity index (χ0n) is 11.3. The van der Waals surface area contributed by atoms with E-state index in [0.29, 0.717) is 0 Å². The van der Waals surface area contributed by atoms with Gasteiger partial charge in [0.25, 0.3) is 0 Å². The van der Waals surface area contributed by atoms with Crippen LogP contribution in [0.4, 0.5) is 5.69 Å². The second kappa shape index (κ2) is 5.57. The molecule has 0 fully saturated rings. The van der Waals surface area contributed by atoms with Crippen LogP contribution in [0.25, 0.3) is 11.3 Å². The molecule has 2 aromatic heterocycles. The summed E-state index contributed by atoms with van der Waals surface area (Å²) >= 11 is 0. The van der Waals surface area contributed by atoms with E-state index < -0.39 is 0 Å². The molecule has 2 N–H and O–H groups in total. The lowest BCUT2D eigenvalue weighted by Gasteiger charge is -2.07. The number of pyridine rings is 1. The van der Waals surface area contributed by atoms with Crippen LogP contribution in [0.15, 0.2) is 54.9 Å². The van der Waals surface area contributed by atoms with Crippen molar-refractivity contribution in [2.24, 2.45) is 0 Å². The normalized spacial score (nSPS) is 10.4. The van der Waals surface area contributed by atoms with E-state index in [1.165, 1.54) is 5.56 Å². The number of H-pyrrole nitrogens is 1. The van der Waals surface area contributed by atoms with Gasteiger partial charge in [0, 0.05) is 30.3 Å². The van der Waals surface area contributed by atoms with Gasteiger partial charge < -0.3 is 5.32 Å². The van der Waals surface area contributed by atoms with Gasteiger partial charge in [-0.3, -0.25) is 10.1 Å². The fraction of sp³-hybridized carbons (Fsp3) is 0.125. The van der Waals surface area contributed by atoms with E-state index in [1.54, 1.807) is 6.20 Å². The number of aromatic nitrogens is 3. The first-order valence-electron chi connectivity index (χ1n) is 6.56. The lowest BCUT2D eigenvalue weighted by molar-refractivity contribution is 1.08. The Kier molecular flexibility index (Phi) is 3.46. The maximum absolute atomic E-state index is 4.29. The van der Waals surface area contributed by atoms with Crippen molar-refractivity contribution in [1.82, 2.24) is 15.2 Å². The van der Waals surface area contributed by atoms with Gasteiger partial charge in [0.15, 0.2) is 0 Å². The van der Waals surface area contributed by atoms with Crippen LogP contribution in [0.1, 0.15) is 11.3 Å². The highest BCUT2D eigenvalue weighted by molar-refractivity contribution is 5.62. The smallest absolute Gasteiger partial charge is 0.0650 e. The summed E-state index contributed by atoms with van der Waals surface area (Å²) in [4.78, 5) is 4.29. The Labute approximate surface area is 117 Å². The summed E-state index contributed by atoms with van der Waals surface area (Å²) < 4.78 is 0. The fourth-order valence-corrected chi connectivity index (χ4v) is 1.99. The molecule has 0 saturated carbocycles. The minimum Gasteiger partial charge on any atom is -0.381 e. The van der Waals surface area contributed by atoms with Gasteiger partial charge in [-0.25, -0.2) is 0 Å². The Morgan fingerprint density at radius 1 is 1.05 bits per heavy atom. The summed E-state index contributed by atoms with van der Waals surface area (Å²) in [6, 6.07) is 14.4. The number of nitrogens with zero attached hydrogens (tertiary/aromatic N) is 2. The molecule has 4 nitrogen and oxygen atoms in total. The monoisotopic (exact) mass is 264 g/mol. The predicted molar refractivity (Wildman–Crippen MR) is 80.3 cm³/mol. The largest absolute Gasteiger partial charge is 0.381 e. The average Bonchev–Trinajstić information content (AvgIpc) is 3.01. The molecule has 0 amide bonds. The molecule has 3 rings (SSSR count). The zero-order chi connectivity index (χ0) is 13.8. The molecule has 3 aromatic rings. The summed E-state index contributed by atoms with van der Waals surface area (Å²) in [6.45, 7) is 2.77. The lowest BCUT2D eigenvalue weighted by Crippen LogP contribution is -1.99. The highest BCUT2D eigenvalue weighted by Crippen LogP contribution is 2.19. The van der Waals surface area contributed by atoms with Crippen molar-refractivity contribution in [2.75, 3.05) is 5.32 Å². The number of benzene rings is 1. The van der Waals surface area contributed by atoms with Gasteiger partial charge in [-0.1, -0.05) is 18.2 Å². The topological polar surface area (TPSA) is 53.6 Å². The molecule has 0 aliphatic rings. The second-order valence-corrected chi connectivity index (χ2v) is 4.71. The molecule has 0 aliphatic carbocycles. The standard InChI is InChI=1S/C16H16N4/c1-12-2-3-13(10-17-12)11-18-15-6-4-14(5-7-15)16-8-9-19-20-16/h2-10,18H,11H2,1H3,(H,19,20). The van der Waals surface area contributed by atoms with E-state index in [1.807, 2.05) is 25.3 Å². The molecule has 0 unspecified atom stereocenters. The molecule has 0 radical (unpaired) electrons. The van der Waals surface area contributed by atoms with Gasteiger partial charge >= 0.3 is 0 Å². The summed E-state index contributed by atoms with van der Waals surface area (Å²) in [5, 5.41) is 10.3. The number of anilines is 1. The van der Waals surface area contributed by atoms with E-state index >= 15 is 0 Å². The minimum absolute atomic E-state index is 0.774. The molecule has 0 saturated heterocycles. The van der Waals surface area contributed by atoms with Crippen LogP contribution in [0.3, 0.4) is 0 Å². The maximum atomic E-state index is 4.29. The quantitative estimate of drug-likeness (QED) is 0.759. The molecule has 100 valence electrons. The molecule has 1 aromatic carbocycles. The highest BCUT2D eigenvalue weighted by Gasteiger charge is 1.99. The van der Waals surface area contributed by atoms with E-state index in [0.717, 1.165) is 29.2 Å². The van der Waals surface area contributed by atoms with Crippen molar-refractivity contribution in [3.05, 3.63) is 66.1 Å². The zero-order valence-corrected chi connectivity index (χ0v) is 11.3. The predicted octanol–water partition coefficient (Wildman–Crippen LogP) is 3.39. The molecule has 0 aliphatic heterocycles. The maximum Gasteiger partial charge on any atom is 0.0650 e. The molecule has 4 heteroatoms. The van der Waals surface area contributed by atoms with Crippen molar-refractivity contribution < 1.29 is 0 Å². The second-order valence-electron chi connectivity index (χ2n) is 4.71. The molecular weight excluding hydrogens is 248 g/mol. The third-order valence-electron chi connectivity index (χ3n) is 3.17. The van der Waals surface area contributed by atoms with Crippen LogP contribution in [0.5, 0.6) is 0 Å². The van der Waals surface area contributed by atoms with Crippen molar-refractivity contribution in [2.45, 2.75) is 13.5 Å². The molecule has 2 heterocycles. The molecule has 20 heavy (non-hydrogen) atoms. The molecule has 0 spiro atoms. The number of aryl methyl sites for hydroxylation is 1. The Bertz CT molecular complexity index is 655. The van der Waals surface area contributed by atoms with Crippen LogP contribution >= 0.6 is 0 Å². The number of nitrogens with one attached hydrogen (secondary N) is 2. The van der Waals surface area contributed by atoms with Crippen molar-refractivity contribution >= 4 is 5.69 Å². The van der Waals surface area contributed by atoms with Crippen LogP contribution in [0.2, 0.25) is 0 Å². The van der Waals surface area contributed by atoms with Gasteiger partial charge in [0.2, 0.25) is 0 Å². The number of hydrogen-bond donors (Lipinski definition) is 2. The van der Waals surface area contributed by atoms with Crippen molar-refractivity contribution in [1.29, 1.82) is 0 Å². The van der Waals surface area contributed by atoms with Gasteiger partial charge in [-0.15, -0.1) is 0 Å². The van der Waals surface area contributed by atoms with Crippen LogP contribution in [-0.4, -0.2) is 15.2 Å². The Balaban J connectivity index is 1.65. The number of hydrogen-bond acceptors (Lipinski definition) is 3. The van der Waals surface area contributed by atoms with Gasteiger partial charge in [-0.2, -0.15) is 5.10 Å². The van der Waals surface area contributed by atoms with E-state index in [2.05, 4.69) is 50.8 Å². The minimum atomic E-state index is 0.774. The van der Waals surface area contributed by atoms with E-state index in [4.69, 9.17) is 0 Å². The van der Waals surface area contributed by atoms with Crippen molar-refractivity contribution in [3.63, 3.8) is 0 Å². The first kappa shape index (κ1) is 12.4. The van der Waals surface area contributed by atoms with Crippen LogP contribution < -0.4 is 5.32 Å². The van der Waals surface area contributed by atoms with Gasteiger partial charge in [0.1, 0.15) is 0 Å². The molecule has 0 bridgehead atoms. The van der Waals surface area contributed by atoms with Crippen LogP contribution in [-0.2, 0) is 6.54 Å². The Morgan fingerprint density at radius 2 is 1.90 bits per heavy atom. The first-order valence-corrected chi connectivity index (χ1v) is 6.56. The summed E-state index contributed by atoms with van der Waals surface area (Å²) in [6.07, 6.45) is 3.66. The highest BCUT2D eigenvalue weighted by atomic mass is 15.1. The van der Waals surface area contributed by atoms with Crippen LogP contribution in [0, 0.1) is 6.92 Å². The molecule has 0 atom stereocenters. The average molecular weight is 264 g/mol. The number of aromatic amines is 1. The third kappa shape index (κ3) is 2.85. The van der Waals surface area contributed by atoms with Gasteiger partial charge in [-0.05, 0) is 42.3 Å². The molecular formula is C16H16N4. The summed E-state index contributed by atoms with van der Waals surface area (Å²) in [5.74, 6) is 0. The number of rotatable bonds is 4. The van der Waals surface area contributed by atoms with E-state index in [9.17, 15) is 0 Å². The Hall–Kier alpha value is -2.62. The van der Waals surface area contributed by atoms with Crippen molar-refractivity contribution in [3.8, 4) is 11.3 Å². The first-order chi connectivity index (χ1) is 9.81. The third-order valence-corrected chi connectivity index (χ3v) is 3.17.